The van der Waals surface area contributed by atoms with E-state index in [1.165, 1.54) is 11.3 Å². The number of anilines is 1. The number of thiazole rings is 1. The number of ether oxygens (including phenoxy) is 1. The fourth-order valence-electron chi connectivity index (χ4n) is 1.73. The average molecular weight is 249 g/mol. The number of hydrogen-bond donors (Lipinski definition) is 2. The number of hydrogen-bond acceptors (Lipinski definition) is 5. The van der Waals surface area contributed by atoms with Crippen molar-refractivity contribution in [2.24, 2.45) is 5.73 Å². The minimum atomic E-state index is 0.432. The first-order valence-electron chi connectivity index (χ1n) is 5.26. The van der Waals surface area contributed by atoms with E-state index in [4.69, 9.17) is 16.2 Å². The van der Waals surface area contributed by atoms with Gasteiger partial charge in [0.05, 0.1) is 12.8 Å². The zero-order valence-electron chi connectivity index (χ0n) is 9.86. The molecule has 4 N–H and O–H groups in total. The van der Waals surface area contributed by atoms with Crippen molar-refractivity contribution in [1.82, 2.24) is 4.98 Å². The number of methoxy groups -OCH3 is 1. The molecule has 4 nitrogen and oxygen atoms in total. The number of aromatic nitrogens is 1. The summed E-state index contributed by atoms with van der Waals surface area (Å²) < 4.78 is 5.35. The van der Waals surface area contributed by atoms with Crippen LogP contribution < -0.4 is 16.2 Å². The minimum absolute atomic E-state index is 0.432. The zero-order chi connectivity index (χ0) is 12.4. The van der Waals surface area contributed by atoms with Crippen LogP contribution in [0.3, 0.4) is 0 Å². The molecule has 0 aliphatic heterocycles. The summed E-state index contributed by atoms with van der Waals surface area (Å²) in [6.07, 6.45) is 0. The lowest BCUT2D eigenvalue weighted by Crippen LogP contribution is -1.97. The van der Waals surface area contributed by atoms with Gasteiger partial charge >= 0.3 is 0 Å². The van der Waals surface area contributed by atoms with E-state index in [1.54, 1.807) is 7.11 Å². The van der Waals surface area contributed by atoms with Crippen LogP contribution in [0, 0.1) is 6.92 Å². The lowest BCUT2D eigenvalue weighted by Gasteiger charge is -2.08. The Morgan fingerprint density at radius 1 is 1.41 bits per heavy atom. The molecule has 1 aromatic carbocycles. The maximum absolute atomic E-state index is 5.73. The normalized spacial score (nSPS) is 10.5. The van der Waals surface area contributed by atoms with Crippen molar-refractivity contribution in [2.45, 2.75) is 13.5 Å². The number of rotatable bonds is 3. The van der Waals surface area contributed by atoms with Gasteiger partial charge in [-0.2, -0.15) is 0 Å². The number of aryl methyl sites for hydroxylation is 1. The van der Waals surface area contributed by atoms with Crippen LogP contribution in [0.25, 0.3) is 11.3 Å². The molecule has 0 aliphatic rings. The van der Waals surface area contributed by atoms with Gasteiger partial charge in [0, 0.05) is 17.0 Å². The predicted molar refractivity (Wildman–Crippen MR) is 71.1 cm³/mol. The molecule has 0 unspecified atom stereocenters. The Hall–Kier alpha value is -1.59. The van der Waals surface area contributed by atoms with E-state index in [9.17, 15) is 0 Å². The third-order valence-electron chi connectivity index (χ3n) is 2.51. The Bertz CT molecular complexity index is 537. The van der Waals surface area contributed by atoms with Gasteiger partial charge in [-0.25, -0.2) is 4.98 Å². The summed E-state index contributed by atoms with van der Waals surface area (Å²) >= 11 is 1.42. The van der Waals surface area contributed by atoms with Crippen LogP contribution in [0.15, 0.2) is 18.2 Å². The molecule has 0 saturated heterocycles. The summed E-state index contributed by atoms with van der Waals surface area (Å²) in [5.41, 5.74) is 14.4. The Morgan fingerprint density at radius 2 is 2.18 bits per heavy atom. The van der Waals surface area contributed by atoms with Crippen LogP contribution in [-0.2, 0) is 6.54 Å². The van der Waals surface area contributed by atoms with Gasteiger partial charge in [-0.1, -0.05) is 11.6 Å². The van der Waals surface area contributed by atoms with Crippen molar-refractivity contribution in [1.29, 1.82) is 0 Å². The van der Waals surface area contributed by atoms with Crippen molar-refractivity contribution >= 4 is 16.5 Å². The summed E-state index contributed by atoms with van der Waals surface area (Å²) in [6, 6.07) is 5.97. The third kappa shape index (κ3) is 2.25. The number of nitrogens with zero attached hydrogens (tertiary/aromatic N) is 1. The van der Waals surface area contributed by atoms with Crippen LogP contribution in [0.4, 0.5) is 5.13 Å². The fourth-order valence-corrected chi connectivity index (χ4v) is 2.45. The Balaban J connectivity index is 2.61. The molecule has 2 rings (SSSR count). The first-order valence-corrected chi connectivity index (χ1v) is 6.07. The van der Waals surface area contributed by atoms with Crippen molar-refractivity contribution in [3.05, 3.63) is 28.6 Å². The van der Waals surface area contributed by atoms with Gasteiger partial charge in [0.2, 0.25) is 0 Å². The second kappa shape index (κ2) is 4.73. The second-order valence-corrected chi connectivity index (χ2v) is 4.85. The number of nitrogen functional groups attached to an aromatic ring is 1. The van der Waals surface area contributed by atoms with E-state index in [-0.39, 0.29) is 0 Å². The van der Waals surface area contributed by atoms with Crippen LogP contribution in [0.1, 0.15) is 10.4 Å². The summed E-state index contributed by atoms with van der Waals surface area (Å²) in [6.45, 7) is 2.46. The fraction of sp³-hybridized carbons (Fsp3) is 0.250. The molecule has 0 spiro atoms. The maximum atomic E-state index is 5.73. The monoisotopic (exact) mass is 249 g/mol. The van der Waals surface area contributed by atoms with Gasteiger partial charge in [-0.15, -0.1) is 11.3 Å². The number of nitrogens with two attached hydrogens (primary N) is 2. The van der Waals surface area contributed by atoms with Gasteiger partial charge < -0.3 is 16.2 Å². The lowest BCUT2D eigenvalue weighted by molar-refractivity contribution is 0.416. The van der Waals surface area contributed by atoms with Crippen LogP contribution in [0.5, 0.6) is 5.75 Å². The average Bonchev–Trinajstić information content (AvgIpc) is 2.70. The molecule has 17 heavy (non-hydrogen) atoms. The molecule has 0 fully saturated rings. The molecular formula is C12H15N3OS. The topological polar surface area (TPSA) is 74.2 Å². The molecule has 1 heterocycles. The molecule has 1 aromatic heterocycles. The first kappa shape index (κ1) is 11.9. The van der Waals surface area contributed by atoms with Crippen LogP contribution in [-0.4, -0.2) is 12.1 Å². The van der Waals surface area contributed by atoms with Crippen LogP contribution in [0.2, 0.25) is 0 Å². The van der Waals surface area contributed by atoms with Crippen molar-refractivity contribution in [2.75, 3.05) is 12.8 Å². The van der Waals surface area contributed by atoms with Crippen molar-refractivity contribution < 1.29 is 4.74 Å². The molecule has 0 bridgehead atoms. The Labute approximate surface area is 104 Å². The van der Waals surface area contributed by atoms with Crippen LogP contribution >= 0.6 is 11.3 Å². The number of benzene rings is 1. The van der Waals surface area contributed by atoms with E-state index < -0.39 is 0 Å². The van der Waals surface area contributed by atoms with Gasteiger partial charge in [-0.05, 0) is 19.1 Å². The summed E-state index contributed by atoms with van der Waals surface area (Å²) in [5, 5.41) is 0.531. The highest BCUT2D eigenvalue weighted by molar-refractivity contribution is 7.15. The van der Waals surface area contributed by atoms with E-state index in [1.807, 2.05) is 25.1 Å². The molecular weight excluding hydrogens is 234 g/mol. The van der Waals surface area contributed by atoms with E-state index in [2.05, 4.69) is 4.98 Å². The minimum Gasteiger partial charge on any atom is -0.496 e. The third-order valence-corrected chi connectivity index (χ3v) is 3.42. The molecule has 0 atom stereocenters. The highest BCUT2D eigenvalue weighted by Crippen LogP contribution is 2.35. The standard InChI is InChI=1S/C12H15N3OS/c1-7-3-4-9(16-2)8(5-7)11-10(6-13)17-12(14)15-11/h3-5H,6,13H2,1-2H3,(H2,14,15). The molecule has 0 radical (unpaired) electrons. The zero-order valence-corrected chi connectivity index (χ0v) is 10.7. The van der Waals surface area contributed by atoms with E-state index >= 15 is 0 Å². The summed E-state index contributed by atoms with van der Waals surface area (Å²) in [5.74, 6) is 0.788. The first-order chi connectivity index (χ1) is 8.15. The van der Waals surface area contributed by atoms with Gasteiger partial charge in [0.1, 0.15) is 5.75 Å². The van der Waals surface area contributed by atoms with Gasteiger partial charge in [0.25, 0.3) is 0 Å². The molecule has 0 amide bonds. The summed E-state index contributed by atoms with van der Waals surface area (Å²) in [4.78, 5) is 5.32. The highest BCUT2D eigenvalue weighted by Gasteiger charge is 2.14. The van der Waals surface area contributed by atoms with Gasteiger partial charge in [0.15, 0.2) is 5.13 Å². The quantitative estimate of drug-likeness (QED) is 0.874. The molecule has 5 heteroatoms. The van der Waals surface area contributed by atoms with E-state index in [0.717, 1.165) is 27.4 Å². The second-order valence-electron chi connectivity index (χ2n) is 3.73. The summed E-state index contributed by atoms with van der Waals surface area (Å²) in [7, 11) is 1.64. The van der Waals surface area contributed by atoms with Gasteiger partial charge in [-0.3, -0.25) is 0 Å². The van der Waals surface area contributed by atoms with Crippen molar-refractivity contribution in [3.8, 4) is 17.0 Å². The molecule has 0 saturated carbocycles. The molecule has 90 valence electrons. The Morgan fingerprint density at radius 3 is 2.82 bits per heavy atom. The molecule has 2 aromatic rings. The lowest BCUT2D eigenvalue weighted by atomic mass is 10.1. The SMILES string of the molecule is COc1ccc(C)cc1-c1nc(N)sc1CN. The highest BCUT2D eigenvalue weighted by atomic mass is 32.1. The Kier molecular flexibility index (Phi) is 3.31. The predicted octanol–water partition coefficient (Wildman–Crippen LogP) is 2.17. The van der Waals surface area contributed by atoms with Crippen molar-refractivity contribution in [3.63, 3.8) is 0 Å². The largest absolute Gasteiger partial charge is 0.496 e. The maximum Gasteiger partial charge on any atom is 0.180 e. The molecule has 0 aliphatic carbocycles. The van der Waals surface area contributed by atoms with E-state index in [0.29, 0.717) is 11.7 Å². The smallest absolute Gasteiger partial charge is 0.180 e.